The molecule has 0 heterocycles. The molecule has 1 aliphatic carbocycles. The second-order valence-electron chi connectivity index (χ2n) is 7.93. The number of ether oxygens (including phenoxy) is 2. The molecule has 1 aromatic rings. The molecule has 5 heteroatoms. The van der Waals surface area contributed by atoms with Gasteiger partial charge < -0.3 is 20.1 Å². The second kappa shape index (κ2) is 8.56. The summed E-state index contributed by atoms with van der Waals surface area (Å²) in [6.45, 7) is 8.52. The Morgan fingerprint density at radius 2 is 1.88 bits per heavy atom. The highest BCUT2D eigenvalue weighted by atomic mass is 16.6. The Morgan fingerprint density at radius 3 is 2.44 bits per heavy atom. The van der Waals surface area contributed by atoms with Crippen LogP contribution in [0.5, 0.6) is 5.75 Å². The normalized spacial score (nSPS) is 21.2. The van der Waals surface area contributed by atoms with E-state index in [0.717, 1.165) is 18.7 Å². The first kappa shape index (κ1) is 19.6. The highest BCUT2D eigenvalue weighted by molar-refractivity contribution is 5.68. The molecule has 0 radical (unpaired) electrons. The Morgan fingerprint density at radius 1 is 1.24 bits per heavy atom. The third-order valence-electron chi connectivity index (χ3n) is 4.50. The Hall–Kier alpha value is -1.75. The number of rotatable bonds is 7. The van der Waals surface area contributed by atoms with Gasteiger partial charge in [-0.05, 0) is 77.1 Å². The standard InChI is InChI=1S/C20H32N2O3/c1-14(22-19(23)25-20(2,3)4)10-11-21-17-12-16(13-17)15-6-8-18(24-5)9-7-15/h6-9,14,16-17,21H,10-13H2,1-5H3,(H,22,23). The molecule has 2 rings (SSSR count). The van der Waals surface area contributed by atoms with Gasteiger partial charge in [0.2, 0.25) is 0 Å². The molecule has 1 aliphatic rings. The van der Waals surface area contributed by atoms with Crippen molar-refractivity contribution in [1.29, 1.82) is 0 Å². The number of benzene rings is 1. The Bertz CT molecular complexity index is 545. The summed E-state index contributed by atoms with van der Waals surface area (Å²) in [7, 11) is 1.69. The van der Waals surface area contributed by atoms with E-state index in [1.807, 2.05) is 39.8 Å². The van der Waals surface area contributed by atoms with Crippen molar-refractivity contribution in [2.24, 2.45) is 0 Å². The molecule has 2 N–H and O–H groups in total. The molecule has 1 unspecified atom stereocenters. The van der Waals surface area contributed by atoms with Gasteiger partial charge in [-0.25, -0.2) is 4.79 Å². The van der Waals surface area contributed by atoms with Gasteiger partial charge in [-0.2, -0.15) is 0 Å². The van der Waals surface area contributed by atoms with E-state index in [1.165, 1.54) is 18.4 Å². The van der Waals surface area contributed by atoms with E-state index in [1.54, 1.807) is 7.11 Å². The summed E-state index contributed by atoms with van der Waals surface area (Å²) >= 11 is 0. The lowest BCUT2D eigenvalue weighted by Gasteiger charge is -2.36. The number of hydrogen-bond acceptors (Lipinski definition) is 4. The molecular weight excluding hydrogens is 316 g/mol. The maximum atomic E-state index is 11.7. The molecule has 0 bridgehead atoms. The Kier molecular flexibility index (Phi) is 6.71. The van der Waals surface area contributed by atoms with Crippen LogP contribution in [0.1, 0.15) is 58.4 Å². The largest absolute Gasteiger partial charge is 0.497 e. The van der Waals surface area contributed by atoms with Crippen LogP contribution in [0.25, 0.3) is 0 Å². The third kappa shape index (κ3) is 6.58. The lowest BCUT2D eigenvalue weighted by Crippen LogP contribution is -2.43. The van der Waals surface area contributed by atoms with Crippen LogP contribution in [-0.4, -0.2) is 37.4 Å². The van der Waals surface area contributed by atoms with Crippen molar-refractivity contribution in [1.82, 2.24) is 10.6 Å². The zero-order valence-electron chi connectivity index (χ0n) is 16.1. The molecule has 0 spiro atoms. The minimum Gasteiger partial charge on any atom is -0.497 e. The quantitative estimate of drug-likeness (QED) is 0.786. The fourth-order valence-electron chi connectivity index (χ4n) is 3.02. The number of nitrogens with one attached hydrogen (secondary N) is 2. The fourth-order valence-corrected chi connectivity index (χ4v) is 3.02. The van der Waals surface area contributed by atoms with Crippen molar-refractivity contribution >= 4 is 6.09 Å². The molecule has 1 atom stereocenters. The van der Waals surface area contributed by atoms with Gasteiger partial charge in [-0.15, -0.1) is 0 Å². The molecule has 0 aliphatic heterocycles. The van der Waals surface area contributed by atoms with Crippen LogP contribution in [0.3, 0.4) is 0 Å². The first-order valence-electron chi connectivity index (χ1n) is 9.13. The minimum absolute atomic E-state index is 0.0970. The average Bonchev–Trinajstić information content (AvgIpc) is 2.47. The maximum Gasteiger partial charge on any atom is 0.407 e. The summed E-state index contributed by atoms with van der Waals surface area (Å²) in [4.78, 5) is 11.7. The van der Waals surface area contributed by atoms with Crippen LogP contribution < -0.4 is 15.4 Å². The summed E-state index contributed by atoms with van der Waals surface area (Å²) in [6.07, 6.45) is 2.88. The first-order chi connectivity index (χ1) is 11.8. The second-order valence-corrected chi connectivity index (χ2v) is 7.93. The number of alkyl carbamates (subject to hydrolysis) is 1. The highest BCUT2D eigenvalue weighted by Crippen LogP contribution is 2.37. The van der Waals surface area contributed by atoms with Gasteiger partial charge in [0.25, 0.3) is 0 Å². The van der Waals surface area contributed by atoms with E-state index in [2.05, 4.69) is 22.8 Å². The van der Waals surface area contributed by atoms with E-state index < -0.39 is 5.60 Å². The van der Waals surface area contributed by atoms with Gasteiger partial charge in [-0.3, -0.25) is 0 Å². The maximum absolute atomic E-state index is 11.7. The van der Waals surface area contributed by atoms with Crippen molar-refractivity contribution in [3.63, 3.8) is 0 Å². The van der Waals surface area contributed by atoms with Gasteiger partial charge in [0.05, 0.1) is 7.11 Å². The van der Waals surface area contributed by atoms with Crippen LogP contribution in [0.2, 0.25) is 0 Å². The zero-order chi connectivity index (χ0) is 18.4. The van der Waals surface area contributed by atoms with E-state index in [0.29, 0.717) is 12.0 Å². The molecule has 1 fully saturated rings. The van der Waals surface area contributed by atoms with Gasteiger partial charge in [0.1, 0.15) is 11.4 Å². The summed E-state index contributed by atoms with van der Waals surface area (Å²) in [5.74, 6) is 1.55. The molecule has 25 heavy (non-hydrogen) atoms. The molecule has 1 amide bonds. The van der Waals surface area contributed by atoms with Crippen molar-refractivity contribution in [2.45, 2.75) is 70.6 Å². The topological polar surface area (TPSA) is 59.6 Å². The number of carbonyl (C=O) groups excluding carboxylic acids is 1. The van der Waals surface area contributed by atoms with Crippen LogP contribution in [0, 0.1) is 0 Å². The van der Waals surface area contributed by atoms with Crippen molar-refractivity contribution in [3.8, 4) is 5.75 Å². The lowest BCUT2D eigenvalue weighted by atomic mass is 9.76. The van der Waals surface area contributed by atoms with Gasteiger partial charge in [0, 0.05) is 12.1 Å². The Balaban J connectivity index is 1.60. The summed E-state index contributed by atoms with van der Waals surface area (Å²) < 4.78 is 10.5. The van der Waals surface area contributed by atoms with Crippen molar-refractivity contribution in [2.75, 3.05) is 13.7 Å². The lowest BCUT2D eigenvalue weighted by molar-refractivity contribution is 0.0506. The van der Waals surface area contributed by atoms with E-state index in [4.69, 9.17) is 9.47 Å². The van der Waals surface area contributed by atoms with Gasteiger partial charge in [-0.1, -0.05) is 12.1 Å². The number of hydrogen-bond donors (Lipinski definition) is 2. The predicted molar refractivity (Wildman–Crippen MR) is 100 cm³/mol. The van der Waals surface area contributed by atoms with Gasteiger partial charge >= 0.3 is 6.09 Å². The average molecular weight is 348 g/mol. The number of carbonyl (C=O) groups is 1. The third-order valence-corrected chi connectivity index (χ3v) is 4.50. The highest BCUT2D eigenvalue weighted by Gasteiger charge is 2.29. The summed E-state index contributed by atoms with van der Waals surface area (Å²) in [6, 6.07) is 9.04. The van der Waals surface area contributed by atoms with Crippen LogP contribution in [0.15, 0.2) is 24.3 Å². The molecule has 0 aromatic heterocycles. The van der Waals surface area contributed by atoms with Crippen LogP contribution in [0.4, 0.5) is 4.79 Å². The smallest absolute Gasteiger partial charge is 0.407 e. The molecule has 140 valence electrons. The minimum atomic E-state index is -0.454. The van der Waals surface area contributed by atoms with E-state index in [9.17, 15) is 4.79 Å². The number of methoxy groups -OCH3 is 1. The van der Waals surface area contributed by atoms with Crippen molar-refractivity contribution in [3.05, 3.63) is 29.8 Å². The van der Waals surface area contributed by atoms with Gasteiger partial charge in [0.15, 0.2) is 0 Å². The summed E-state index contributed by atoms with van der Waals surface area (Å²) in [5.41, 5.74) is 0.934. The zero-order valence-corrected chi connectivity index (χ0v) is 16.1. The van der Waals surface area contributed by atoms with E-state index in [-0.39, 0.29) is 12.1 Å². The first-order valence-corrected chi connectivity index (χ1v) is 9.13. The monoisotopic (exact) mass is 348 g/mol. The molecule has 0 saturated heterocycles. The Labute approximate surface area is 151 Å². The summed E-state index contributed by atoms with van der Waals surface area (Å²) in [5, 5.41) is 6.46. The molecule has 1 saturated carbocycles. The molecule has 5 nitrogen and oxygen atoms in total. The fraction of sp³-hybridized carbons (Fsp3) is 0.650. The molecular formula is C20H32N2O3. The van der Waals surface area contributed by atoms with Crippen LogP contribution in [-0.2, 0) is 4.74 Å². The van der Waals surface area contributed by atoms with E-state index >= 15 is 0 Å². The van der Waals surface area contributed by atoms with Crippen molar-refractivity contribution < 1.29 is 14.3 Å². The predicted octanol–water partition coefficient (Wildman–Crippen LogP) is 3.83. The SMILES string of the molecule is COc1ccc(C2CC(NCCC(C)NC(=O)OC(C)(C)C)C2)cc1. The molecule has 1 aromatic carbocycles. The number of amides is 1. The van der Waals surface area contributed by atoms with Crippen LogP contribution >= 0.6 is 0 Å².